The Morgan fingerprint density at radius 3 is 2.62 bits per heavy atom. The molecule has 21 heavy (non-hydrogen) atoms. The SMILES string of the molecule is COc1cccc2c1nc(CCl)n2-c1cccc(Cl)c1Cl. The van der Waals surface area contributed by atoms with E-state index >= 15 is 0 Å². The summed E-state index contributed by atoms with van der Waals surface area (Å²) in [6.07, 6.45) is 0. The number of aromatic nitrogens is 2. The van der Waals surface area contributed by atoms with Crippen molar-refractivity contribution in [1.29, 1.82) is 0 Å². The summed E-state index contributed by atoms with van der Waals surface area (Å²) in [5.74, 6) is 1.62. The normalized spacial score (nSPS) is 11.0. The number of nitrogens with zero attached hydrogens (tertiary/aromatic N) is 2. The van der Waals surface area contributed by atoms with Gasteiger partial charge in [-0.05, 0) is 24.3 Å². The molecule has 0 aliphatic carbocycles. The molecule has 0 fully saturated rings. The summed E-state index contributed by atoms with van der Waals surface area (Å²) >= 11 is 18.5. The molecule has 0 N–H and O–H groups in total. The highest BCUT2D eigenvalue weighted by atomic mass is 35.5. The lowest BCUT2D eigenvalue weighted by atomic mass is 10.2. The van der Waals surface area contributed by atoms with Crippen LogP contribution in [-0.2, 0) is 5.88 Å². The molecule has 0 spiro atoms. The molecule has 3 aromatic rings. The van der Waals surface area contributed by atoms with Gasteiger partial charge in [0.15, 0.2) is 0 Å². The van der Waals surface area contributed by atoms with Crippen molar-refractivity contribution in [3.63, 3.8) is 0 Å². The minimum Gasteiger partial charge on any atom is -0.494 e. The number of benzene rings is 2. The van der Waals surface area contributed by atoms with Crippen LogP contribution in [-0.4, -0.2) is 16.7 Å². The van der Waals surface area contributed by atoms with Gasteiger partial charge < -0.3 is 4.74 Å². The number of fused-ring (bicyclic) bond motifs is 1. The van der Waals surface area contributed by atoms with Gasteiger partial charge in [0.25, 0.3) is 0 Å². The second-order valence-electron chi connectivity index (χ2n) is 4.40. The molecule has 0 aliphatic rings. The molecule has 3 rings (SSSR count). The van der Waals surface area contributed by atoms with Crippen molar-refractivity contribution < 1.29 is 4.74 Å². The quantitative estimate of drug-likeness (QED) is 0.621. The second-order valence-corrected chi connectivity index (χ2v) is 5.45. The average molecular weight is 342 g/mol. The van der Waals surface area contributed by atoms with Crippen molar-refractivity contribution in [1.82, 2.24) is 9.55 Å². The molecule has 1 aromatic heterocycles. The number of alkyl halides is 1. The lowest BCUT2D eigenvalue weighted by Crippen LogP contribution is -2.00. The van der Waals surface area contributed by atoms with Crippen molar-refractivity contribution in [2.45, 2.75) is 5.88 Å². The number of methoxy groups -OCH3 is 1. The van der Waals surface area contributed by atoms with Gasteiger partial charge >= 0.3 is 0 Å². The molecule has 0 amide bonds. The molecular weight excluding hydrogens is 331 g/mol. The van der Waals surface area contributed by atoms with Gasteiger partial charge in [-0.25, -0.2) is 4.98 Å². The maximum Gasteiger partial charge on any atom is 0.146 e. The van der Waals surface area contributed by atoms with Crippen LogP contribution in [0.15, 0.2) is 36.4 Å². The van der Waals surface area contributed by atoms with Crippen LogP contribution in [0.5, 0.6) is 5.75 Å². The van der Waals surface area contributed by atoms with Crippen LogP contribution >= 0.6 is 34.8 Å². The van der Waals surface area contributed by atoms with Gasteiger partial charge in [0.1, 0.15) is 17.1 Å². The predicted octanol–water partition coefficient (Wildman–Crippen LogP) is 5.08. The van der Waals surface area contributed by atoms with Gasteiger partial charge in [-0.1, -0.05) is 35.3 Å². The first-order valence-electron chi connectivity index (χ1n) is 6.22. The Balaban J connectivity index is 2.38. The van der Waals surface area contributed by atoms with E-state index in [1.807, 2.05) is 34.9 Å². The van der Waals surface area contributed by atoms with E-state index < -0.39 is 0 Å². The number of ether oxygens (including phenoxy) is 1. The van der Waals surface area contributed by atoms with Crippen LogP contribution in [0.1, 0.15) is 5.82 Å². The molecule has 0 radical (unpaired) electrons. The molecule has 6 heteroatoms. The van der Waals surface area contributed by atoms with Gasteiger partial charge in [0, 0.05) is 0 Å². The van der Waals surface area contributed by atoms with Gasteiger partial charge in [-0.3, -0.25) is 4.57 Å². The third kappa shape index (κ3) is 2.35. The van der Waals surface area contributed by atoms with Crippen molar-refractivity contribution in [2.75, 3.05) is 7.11 Å². The van der Waals surface area contributed by atoms with E-state index in [2.05, 4.69) is 4.98 Å². The Bertz CT molecular complexity index is 814. The van der Waals surface area contributed by atoms with Gasteiger partial charge in [0.05, 0.1) is 34.2 Å². The van der Waals surface area contributed by atoms with Crippen LogP contribution in [0.25, 0.3) is 16.7 Å². The Hall–Kier alpha value is -1.42. The highest BCUT2D eigenvalue weighted by Gasteiger charge is 2.17. The number of imidazole rings is 1. The minimum absolute atomic E-state index is 0.251. The summed E-state index contributed by atoms with van der Waals surface area (Å²) in [6, 6.07) is 11.2. The molecule has 0 saturated carbocycles. The fraction of sp³-hybridized carbons (Fsp3) is 0.133. The van der Waals surface area contributed by atoms with Crippen LogP contribution in [0.2, 0.25) is 10.0 Å². The van der Waals surface area contributed by atoms with E-state index in [1.165, 1.54) is 0 Å². The molecule has 0 saturated heterocycles. The van der Waals surface area contributed by atoms with Crippen LogP contribution in [0.4, 0.5) is 0 Å². The zero-order valence-electron chi connectivity index (χ0n) is 11.1. The van der Waals surface area contributed by atoms with Crippen molar-refractivity contribution in [2.24, 2.45) is 0 Å². The van der Waals surface area contributed by atoms with Crippen LogP contribution in [0.3, 0.4) is 0 Å². The minimum atomic E-state index is 0.251. The fourth-order valence-corrected chi connectivity index (χ4v) is 2.87. The molecule has 0 atom stereocenters. The van der Waals surface area contributed by atoms with E-state index in [0.29, 0.717) is 21.6 Å². The van der Waals surface area contributed by atoms with E-state index in [1.54, 1.807) is 13.2 Å². The molecule has 2 aromatic carbocycles. The third-order valence-corrected chi connectivity index (χ3v) is 4.28. The molecule has 1 heterocycles. The Morgan fingerprint density at radius 1 is 1.14 bits per heavy atom. The molecule has 0 unspecified atom stereocenters. The summed E-state index contributed by atoms with van der Waals surface area (Å²) in [6.45, 7) is 0. The van der Waals surface area contributed by atoms with Crippen LogP contribution in [0, 0.1) is 0 Å². The smallest absolute Gasteiger partial charge is 0.146 e. The predicted molar refractivity (Wildman–Crippen MR) is 87.2 cm³/mol. The first-order valence-corrected chi connectivity index (χ1v) is 7.51. The fourth-order valence-electron chi connectivity index (χ4n) is 2.31. The largest absolute Gasteiger partial charge is 0.494 e. The molecule has 0 bridgehead atoms. The molecule has 0 aliphatic heterocycles. The van der Waals surface area contributed by atoms with E-state index in [4.69, 9.17) is 39.5 Å². The van der Waals surface area contributed by atoms with E-state index in [9.17, 15) is 0 Å². The second kappa shape index (κ2) is 5.76. The maximum absolute atomic E-state index is 6.33. The van der Waals surface area contributed by atoms with Gasteiger partial charge in [0.2, 0.25) is 0 Å². The van der Waals surface area contributed by atoms with Gasteiger partial charge in [-0.15, -0.1) is 11.6 Å². The molecular formula is C15H11Cl3N2O. The first kappa shape index (κ1) is 14.5. The Morgan fingerprint density at radius 2 is 1.90 bits per heavy atom. The van der Waals surface area contributed by atoms with Gasteiger partial charge in [-0.2, -0.15) is 0 Å². The zero-order chi connectivity index (χ0) is 15.0. The number of hydrogen-bond donors (Lipinski definition) is 0. The standard InChI is InChI=1S/C15H11Cl3N2O/c1-21-12-7-3-6-11-15(12)19-13(8-16)20(11)10-5-2-4-9(17)14(10)18/h2-7H,8H2,1H3. The number of hydrogen-bond acceptors (Lipinski definition) is 2. The number of halogens is 3. The van der Waals surface area contributed by atoms with Crippen molar-refractivity contribution >= 4 is 45.8 Å². The average Bonchev–Trinajstić information content (AvgIpc) is 2.88. The summed E-state index contributed by atoms with van der Waals surface area (Å²) in [7, 11) is 1.61. The summed E-state index contributed by atoms with van der Waals surface area (Å²) in [5.41, 5.74) is 2.36. The molecule has 3 nitrogen and oxygen atoms in total. The van der Waals surface area contributed by atoms with Crippen molar-refractivity contribution in [3.05, 3.63) is 52.3 Å². The van der Waals surface area contributed by atoms with E-state index in [0.717, 1.165) is 16.7 Å². The monoisotopic (exact) mass is 340 g/mol. The van der Waals surface area contributed by atoms with E-state index in [-0.39, 0.29) is 5.88 Å². The summed E-state index contributed by atoms with van der Waals surface area (Å²) in [5, 5.41) is 0.951. The zero-order valence-corrected chi connectivity index (χ0v) is 13.4. The Kier molecular flexibility index (Phi) is 3.98. The topological polar surface area (TPSA) is 27.1 Å². The third-order valence-electron chi connectivity index (χ3n) is 3.23. The highest BCUT2D eigenvalue weighted by Crippen LogP contribution is 2.34. The first-order chi connectivity index (χ1) is 10.2. The van der Waals surface area contributed by atoms with Crippen molar-refractivity contribution in [3.8, 4) is 11.4 Å². The lowest BCUT2D eigenvalue weighted by Gasteiger charge is -2.11. The number of rotatable bonds is 3. The Labute approximate surface area is 137 Å². The molecule has 108 valence electrons. The summed E-state index contributed by atoms with van der Waals surface area (Å²) < 4.78 is 7.25. The number of para-hydroxylation sites is 1. The highest BCUT2D eigenvalue weighted by molar-refractivity contribution is 6.43. The van der Waals surface area contributed by atoms with Crippen LogP contribution < -0.4 is 4.74 Å². The summed E-state index contributed by atoms with van der Waals surface area (Å²) in [4.78, 5) is 4.55. The lowest BCUT2D eigenvalue weighted by molar-refractivity contribution is 0.419. The maximum atomic E-state index is 6.33.